The van der Waals surface area contributed by atoms with Crippen molar-refractivity contribution in [1.29, 1.82) is 0 Å². The van der Waals surface area contributed by atoms with Gasteiger partial charge in [0.1, 0.15) is 0 Å². The average Bonchev–Trinajstić information content (AvgIpc) is 2.98. The molecule has 0 aliphatic heterocycles. The Balaban J connectivity index is 2.12. The van der Waals surface area contributed by atoms with Crippen molar-refractivity contribution in [2.75, 3.05) is 6.54 Å². The van der Waals surface area contributed by atoms with Crippen LogP contribution in [0.2, 0.25) is 0 Å². The number of imidazole rings is 1. The largest absolute Gasteiger partial charge is 0.328 e. The summed E-state index contributed by atoms with van der Waals surface area (Å²) in [6, 6.07) is 8.52. The first-order valence-corrected chi connectivity index (χ1v) is 7.98. The van der Waals surface area contributed by atoms with Crippen LogP contribution in [0.4, 0.5) is 0 Å². The third-order valence-electron chi connectivity index (χ3n) is 5.31. The van der Waals surface area contributed by atoms with Gasteiger partial charge in [0.15, 0.2) is 0 Å². The molecule has 21 heavy (non-hydrogen) atoms. The van der Waals surface area contributed by atoms with Crippen molar-refractivity contribution >= 4 is 0 Å². The molecule has 1 aliphatic rings. The minimum Gasteiger partial charge on any atom is -0.328 e. The number of rotatable bonds is 3. The van der Waals surface area contributed by atoms with Gasteiger partial charge in [0.2, 0.25) is 0 Å². The first-order chi connectivity index (χ1) is 10.2. The molecule has 1 aromatic carbocycles. The Kier molecular flexibility index (Phi) is 3.85. The fourth-order valence-electron chi connectivity index (χ4n) is 3.87. The summed E-state index contributed by atoms with van der Waals surface area (Å²) in [5.41, 5.74) is 10.0. The molecule has 0 spiro atoms. The standard InChI is InChI=1S/C18H25N3/c1-14-7-3-4-9-16(14)17-11-20-13-21(17)18(12-19)10-6-5-8-15(18)2/h3-4,7,9,11,13,15H,5-6,8,10,12,19H2,1-2H3. The Hall–Kier alpha value is -1.61. The van der Waals surface area contributed by atoms with Gasteiger partial charge in [0.25, 0.3) is 0 Å². The van der Waals surface area contributed by atoms with Crippen molar-refractivity contribution in [1.82, 2.24) is 9.55 Å². The SMILES string of the molecule is Cc1ccccc1-c1cncn1C1(CN)CCCCC1C. The fraction of sp³-hybridized carbons (Fsp3) is 0.500. The van der Waals surface area contributed by atoms with Gasteiger partial charge in [0, 0.05) is 12.1 Å². The number of nitrogens with zero attached hydrogens (tertiary/aromatic N) is 2. The number of hydrogen-bond acceptors (Lipinski definition) is 2. The highest BCUT2D eigenvalue weighted by Gasteiger charge is 2.39. The minimum atomic E-state index is 0.0202. The van der Waals surface area contributed by atoms with Gasteiger partial charge in [-0.15, -0.1) is 0 Å². The van der Waals surface area contributed by atoms with Crippen LogP contribution in [-0.2, 0) is 5.54 Å². The van der Waals surface area contributed by atoms with Gasteiger partial charge in [0.05, 0.1) is 23.8 Å². The normalized spacial score (nSPS) is 26.0. The maximum absolute atomic E-state index is 6.26. The number of aryl methyl sites for hydroxylation is 1. The molecule has 0 bridgehead atoms. The predicted molar refractivity (Wildman–Crippen MR) is 87.1 cm³/mol. The summed E-state index contributed by atoms with van der Waals surface area (Å²) in [4.78, 5) is 4.45. The monoisotopic (exact) mass is 283 g/mol. The second-order valence-corrected chi connectivity index (χ2v) is 6.42. The molecule has 3 heteroatoms. The molecule has 1 saturated carbocycles. The van der Waals surface area contributed by atoms with Crippen molar-refractivity contribution in [3.8, 4) is 11.3 Å². The van der Waals surface area contributed by atoms with E-state index in [2.05, 4.69) is 47.7 Å². The zero-order chi connectivity index (χ0) is 14.9. The Morgan fingerprint density at radius 1 is 1.33 bits per heavy atom. The van der Waals surface area contributed by atoms with Crippen molar-refractivity contribution in [3.63, 3.8) is 0 Å². The van der Waals surface area contributed by atoms with Crippen LogP contribution < -0.4 is 5.73 Å². The van der Waals surface area contributed by atoms with Gasteiger partial charge in [-0.1, -0.05) is 44.0 Å². The lowest BCUT2D eigenvalue weighted by Gasteiger charge is -2.44. The molecule has 0 radical (unpaired) electrons. The summed E-state index contributed by atoms with van der Waals surface area (Å²) >= 11 is 0. The Bertz CT molecular complexity index is 616. The lowest BCUT2D eigenvalue weighted by Crippen LogP contribution is -2.48. The molecule has 2 atom stereocenters. The van der Waals surface area contributed by atoms with Crippen LogP contribution >= 0.6 is 0 Å². The van der Waals surface area contributed by atoms with Crippen LogP contribution in [0, 0.1) is 12.8 Å². The van der Waals surface area contributed by atoms with Gasteiger partial charge in [-0.25, -0.2) is 4.98 Å². The van der Waals surface area contributed by atoms with E-state index in [9.17, 15) is 0 Å². The number of hydrogen-bond donors (Lipinski definition) is 1. The fourth-order valence-corrected chi connectivity index (χ4v) is 3.87. The molecule has 1 aliphatic carbocycles. The van der Waals surface area contributed by atoms with E-state index in [0.717, 1.165) is 6.42 Å². The highest BCUT2D eigenvalue weighted by molar-refractivity contribution is 5.63. The Morgan fingerprint density at radius 2 is 2.14 bits per heavy atom. The summed E-state index contributed by atoms with van der Waals surface area (Å²) in [6.45, 7) is 5.18. The molecule has 1 fully saturated rings. The number of aromatic nitrogens is 2. The molecule has 1 heterocycles. The Morgan fingerprint density at radius 3 is 2.86 bits per heavy atom. The van der Waals surface area contributed by atoms with Crippen molar-refractivity contribution in [2.24, 2.45) is 11.7 Å². The number of benzene rings is 1. The second-order valence-electron chi connectivity index (χ2n) is 6.42. The van der Waals surface area contributed by atoms with Crippen LogP contribution in [0.25, 0.3) is 11.3 Å². The van der Waals surface area contributed by atoms with Crippen molar-refractivity contribution < 1.29 is 0 Å². The van der Waals surface area contributed by atoms with Crippen LogP contribution in [0.3, 0.4) is 0 Å². The second kappa shape index (κ2) is 5.64. The molecule has 3 nitrogen and oxygen atoms in total. The highest BCUT2D eigenvalue weighted by atomic mass is 15.1. The maximum atomic E-state index is 6.26. The van der Waals surface area contributed by atoms with Crippen LogP contribution in [0.1, 0.15) is 38.2 Å². The molecule has 112 valence electrons. The molecule has 2 N–H and O–H groups in total. The van der Waals surface area contributed by atoms with E-state index in [4.69, 9.17) is 5.73 Å². The van der Waals surface area contributed by atoms with Crippen LogP contribution in [0.15, 0.2) is 36.8 Å². The summed E-state index contributed by atoms with van der Waals surface area (Å²) in [6.07, 6.45) is 8.95. The number of nitrogens with two attached hydrogens (primary N) is 1. The molecule has 0 saturated heterocycles. The van der Waals surface area contributed by atoms with E-state index in [1.54, 1.807) is 0 Å². The summed E-state index contributed by atoms with van der Waals surface area (Å²) in [5.74, 6) is 0.591. The third-order valence-corrected chi connectivity index (χ3v) is 5.31. The van der Waals surface area contributed by atoms with Crippen molar-refractivity contribution in [3.05, 3.63) is 42.4 Å². The summed E-state index contributed by atoms with van der Waals surface area (Å²) in [7, 11) is 0. The van der Waals surface area contributed by atoms with E-state index >= 15 is 0 Å². The van der Waals surface area contributed by atoms with E-state index in [-0.39, 0.29) is 5.54 Å². The van der Waals surface area contributed by atoms with Gasteiger partial charge in [-0.05, 0) is 31.2 Å². The minimum absolute atomic E-state index is 0.0202. The van der Waals surface area contributed by atoms with Gasteiger partial charge in [-0.3, -0.25) is 0 Å². The highest BCUT2D eigenvalue weighted by Crippen LogP contribution is 2.41. The van der Waals surface area contributed by atoms with E-state index in [1.807, 2.05) is 12.5 Å². The molecule has 3 rings (SSSR count). The van der Waals surface area contributed by atoms with E-state index in [0.29, 0.717) is 12.5 Å². The van der Waals surface area contributed by atoms with E-state index < -0.39 is 0 Å². The first-order valence-electron chi connectivity index (χ1n) is 7.98. The molecule has 0 amide bonds. The molecular weight excluding hydrogens is 258 g/mol. The lowest BCUT2D eigenvalue weighted by molar-refractivity contribution is 0.127. The average molecular weight is 283 g/mol. The van der Waals surface area contributed by atoms with Gasteiger partial charge >= 0.3 is 0 Å². The zero-order valence-electron chi connectivity index (χ0n) is 13.0. The van der Waals surface area contributed by atoms with Crippen LogP contribution in [-0.4, -0.2) is 16.1 Å². The Labute approximate surface area is 127 Å². The lowest BCUT2D eigenvalue weighted by atomic mass is 9.73. The maximum Gasteiger partial charge on any atom is 0.0956 e. The molecule has 1 aromatic heterocycles. The first kappa shape index (κ1) is 14.3. The topological polar surface area (TPSA) is 43.8 Å². The smallest absolute Gasteiger partial charge is 0.0956 e. The van der Waals surface area contributed by atoms with Gasteiger partial charge < -0.3 is 10.3 Å². The van der Waals surface area contributed by atoms with E-state index in [1.165, 1.54) is 36.1 Å². The van der Waals surface area contributed by atoms with Crippen LogP contribution in [0.5, 0.6) is 0 Å². The predicted octanol–water partition coefficient (Wildman–Crippen LogP) is 3.72. The quantitative estimate of drug-likeness (QED) is 0.933. The molecule has 2 aromatic rings. The zero-order valence-corrected chi connectivity index (χ0v) is 13.0. The molecular formula is C18H25N3. The van der Waals surface area contributed by atoms with Gasteiger partial charge in [-0.2, -0.15) is 0 Å². The summed E-state index contributed by atoms with van der Waals surface area (Å²) < 4.78 is 2.36. The third kappa shape index (κ3) is 2.30. The van der Waals surface area contributed by atoms with Crippen molar-refractivity contribution in [2.45, 2.75) is 45.1 Å². The summed E-state index contributed by atoms with van der Waals surface area (Å²) in [5, 5.41) is 0. The molecule has 2 unspecified atom stereocenters.